The minimum absolute atomic E-state index is 0.102. The second-order valence-corrected chi connectivity index (χ2v) is 6.36. The van der Waals surface area contributed by atoms with Crippen LogP contribution in [0.1, 0.15) is 49.0 Å². The van der Waals surface area contributed by atoms with Gasteiger partial charge in [-0.15, -0.1) is 11.3 Å². The van der Waals surface area contributed by atoms with Crippen molar-refractivity contribution < 1.29 is 14.3 Å². The normalized spacial score (nSPS) is 11.8. The van der Waals surface area contributed by atoms with E-state index >= 15 is 0 Å². The SMILES string of the molecule is COC(=O)c1ccc(C(=O)NC(C)c2cc(C)cc(C)c2)s1. The van der Waals surface area contributed by atoms with E-state index in [2.05, 4.69) is 28.3 Å². The number of hydrogen-bond donors (Lipinski definition) is 1. The number of esters is 1. The Balaban J connectivity index is 2.10. The van der Waals surface area contributed by atoms with E-state index in [1.165, 1.54) is 18.2 Å². The van der Waals surface area contributed by atoms with Gasteiger partial charge in [-0.3, -0.25) is 4.79 Å². The molecule has 0 radical (unpaired) electrons. The van der Waals surface area contributed by atoms with Crippen LogP contribution >= 0.6 is 11.3 Å². The highest BCUT2D eigenvalue weighted by molar-refractivity contribution is 7.15. The van der Waals surface area contributed by atoms with E-state index < -0.39 is 5.97 Å². The lowest BCUT2D eigenvalue weighted by atomic mass is 10.0. The van der Waals surface area contributed by atoms with Crippen LogP contribution < -0.4 is 5.32 Å². The third-order valence-corrected chi connectivity index (χ3v) is 4.37. The zero-order chi connectivity index (χ0) is 16.3. The molecule has 1 heterocycles. The highest BCUT2D eigenvalue weighted by Crippen LogP contribution is 2.20. The maximum absolute atomic E-state index is 12.3. The van der Waals surface area contributed by atoms with Gasteiger partial charge in [0.05, 0.1) is 18.0 Å². The van der Waals surface area contributed by atoms with E-state index in [4.69, 9.17) is 0 Å². The zero-order valence-corrected chi connectivity index (χ0v) is 13.9. The number of aryl methyl sites for hydroxylation is 2. The van der Waals surface area contributed by atoms with Crippen molar-refractivity contribution in [2.75, 3.05) is 7.11 Å². The van der Waals surface area contributed by atoms with Gasteiger partial charge in [-0.25, -0.2) is 4.79 Å². The van der Waals surface area contributed by atoms with Crippen LogP contribution in [0.4, 0.5) is 0 Å². The highest BCUT2D eigenvalue weighted by atomic mass is 32.1. The molecule has 0 saturated heterocycles. The molecule has 116 valence electrons. The van der Waals surface area contributed by atoms with Crippen LogP contribution in [0.3, 0.4) is 0 Å². The summed E-state index contributed by atoms with van der Waals surface area (Å²) in [5.74, 6) is -0.613. The Bertz CT molecular complexity index is 685. The summed E-state index contributed by atoms with van der Waals surface area (Å²) in [5.41, 5.74) is 3.40. The number of amides is 1. The maximum Gasteiger partial charge on any atom is 0.348 e. The second-order valence-electron chi connectivity index (χ2n) is 5.27. The molecule has 0 aliphatic rings. The summed E-state index contributed by atoms with van der Waals surface area (Å²) in [5, 5.41) is 2.96. The van der Waals surface area contributed by atoms with Gasteiger partial charge in [0.15, 0.2) is 0 Å². The summed E-state index contributed by atoms with van der Waals surface area (Å²) in [6.45, 7) is 6.01. The molecule has 0 aliphatic heterocycles. The first kappa shape index (κ1) is 16.2. The van der Waals surface area contributed by atoms with Crippen molar-refractivity contribution in [3.63, 3.8) is 0 Å². The minimum atomic E-state index is -0.425. The van der Waals surface area contributed by atoms with Gasteiger partial charge in [-0.05, 0) is 38.5 Å². The maximum atomic E-state index is 12.3. The fourth-order valence-electron chi connectivity index (χ4n) is 2.28. The van der Waals surface area contributed by atoms with Crippen LogP contribution in [-0.4, -0.2) is 19.0 Å². The lowest BCUT2D eigenvalue weighted by Crippen LogP contribution is -2.26. The molecule has 2 aromatic rings. The van der Waals surface area contributed by atoms with Gasteiger partial charge < -0.3 is 10.1 Å². The molecular formula is C17H19NO3S. The van der Waals surface area contributed by atoms with Crippen LogP contribution in [-0.2, 0) is 4.74 Å². The molecule has 1 unspecified atom stereocenters. The largest absolute Gasteiger partial charge is 0.465 e. The molecule has 4 nitrogen and oxygen atoms in total. The lowest BCUT2D eigenvalue weighted by Gasteiger charge is -2.15. The van der Waals surface area contributed by atoms with Crippen molar-refractivity contribution in [1.29, 1.82) is 0 Å². The van der Waals surface area contributed by atoms with Gasteiger partial charge >= 0.3 is 5.97 Å². The van der Waals surface area contributed by atoms with Gasteiger partial charge in [0.1, 0.15) is 4.88 Å². The number of ether oxygens (including phenoxy) is 1. The average Bonchev–Trinajstić information content (AvgIpc) is 2.95. The lowest BCUT2D eigenvalue weighted by molar-refractivity contribution is 0.0606. The summed E-state index contributed by atoms with van der Waals surface area (Å²) < 4.78 is 4.65. The van der Waals surface area contributed by atoms with Crippen molar-refractivity contribution in [3.8, 4) is 0 Å². The molecule has 0 fully saturated rings. The quantitative estimate of drug-likeness (QED) is 0.876. The van der Waals surface area contributed by atoms with Crippen LogP contribution in [0, 0.1) is 13.8 Å². The third kappa shape index (κ3) is 3.74. The van der Waals surface area contributed by atoms with Gasteiger partial charge in [-0.2, -0.15) is 0 Å². The molecule has 2 rings (SSSR count). The fraction of sp³-hybridized carbons (Fsp3) is 0.294. The Morgan fingerprint density at radius 1 is 1.09 bits per heavy atom. The number of carbonyl (C=O) groups excluding carboxylic acids is 2. The molecule has 0 spiro atoms. The smallest absolute Gasteiger partial charge is 0.348 e. The number of rotatable bonds is 4. The number of methoxy groups -OCH3 is 1. The molecule has 1 N–H and O–H groups in total. The summed E-state index contributed by atoms with van der Waals surface area (Å²) >= 11 is 1.13. The Morgan fingerprint density at radius 2 is 1.68 bits per heavy atom. The summed E-state index contributed by atoms with van der Waals surface area (Å²) in [7, 11) is 1.32. The molecule has 0 aliphatic carbocycles. The average molecular weight is 317 g/mol. The summed E-state index contributed by atoms with van der Waals surface area (Å²) in [6, 6.07) is 9.36. The predicted molar refractivity (Wildman–Crippen MR) is 87.5 cm³/mol. The van der Waals surface area contributed by atoms with Crippen molar-refractivity contribution in [2.24, 2.45) is 0 Å². The molecule has 5 heteroatoms. The molecule has 0 bridgehead atoms. The van der Waals surface area contributed by atoms with Gasteiger partial charge in [0, 0.05) is 0 Å². The Hall–Kier alpha value is -2.14. The van der Waals surface area contributed by atoms with Crippen LogP contribution in [0.25, 0.3) is 0 Å². The molecule has 1 amide bonds. The first-order chi connectivity index (χ1) is 10.4. The first-order valence-corrected chi connectivity index (χ1v) is 7.79. The molecule has 1 aromatic heterocycles. The Labute approximate surface area is 134 Å². The Morgan fingerprint density at radius 3 is 2.27 bits per heavy atom. The predicted octanol–water partition coefficient (Wildman–Crippen LogP) is 3.64. The van der Waals surface area contributed by atoms with E-state index in [1.807, 2.05) is 20.8 Å². The molecule has 1 aromatic carbocycles. The van der Waals surface area contributed by atoms with Crippen LogP contribution in [0.5, 0.6) is 0 Å². The molecule has 1 atom stereocenters. The fourth-order valence-corrected chi connectivity index (χ4v) is 3.11. The van der Waals surface area contributed by atoms with E-state index in [-0.39, 0.29) is 11.9 Å². The number of hydrogen-bond acceptors (Lipinski definition) is 4. The minimum Gasteiger partial charge on any atom is -0.465 e. The van der Waals surface area contributed by atoms with Crippen molar-refractivity contribution >= 4 is 23.2 Å². The van der Waals surface area contributed by atoms with E-state index in [0.29, 0.717) is 9.75 Å². The summed E-state index contributed by atoms with van der Waals surface area (Å²) in [4.78, 5) is 24.6. The monoisotopic (exact) mass is 317 g/mol. The molecule has 22 heavy (non-hydrogen) atoms. The number of benzene rings is 1. The zero-order valence-electron chi connectivity index (χ0n) is 13.1. The number of carbonyl (C=O) groups is 2. The van der Waals surface area contributed by atoms with Crippen molar-refractivity contribution in [1.82, 2.24) is 5.32 Å². The standard InChI is InChI=1S/C17H19NO3S/c1-10-7-11(2)9-13(8-10)12(3)18-16(19)14-5-6-15(22-14)17(20)21-4/h5-9,12H,1-4H3,(H,18,19). The van der Waals surface area contributed by atoms with Crippen LogP contribution in [0.2, 0.25) is 0 Å². The van der Waals surface area contributed by atoms with Gasteiger partial charge in [0.25, 0.3) is 5.91 Å². The number of nitrogens with one attached hydrogen (secondary N) is 1. The Kier molecular flexibility index (Phi) is 4.98. The van der Waals surface area contributed by atoms with E-state index in [0.717, 1.165) is 16.9 Å². The topological polar surface area (TPSA) is 55.4 Å². The van der Waals surface area contributed by atoms with Crippen molar-refractivity contribution in [2.45, 2.75) is 26.8 Å². The van der Waals surface area contributed by atoms with Gasteiger partial charge in [-0.1, -0.05) is 29.3 Å². The van der Waals surface area contributed by atoms with Crippen molar-refractivity contribution in [3.05, 3.63) is 56.8 Å². The second kappa shape index (κ2) is 6.75. The first-order valence-electron chi connectivity index (χ1n) is 6.98. The van der Waals surface area contributed by atoms with Gasteiger partial charge in [0.2, 0.25) is 0 Å². The van der Waals surface area contributed by atoms with E-state index in [1.54, 1.807) is 12.1 Å². The summed E-state index contributed by atoms with van der Waals surface area (Å²) in [6.07, 6.45) is 0. The molecular weight excluding hydrogens is 298 g/mol. The highest BCUT2D eigenvalue weighted by Gasteiger charge is 2.16. The third-order valence-electron chi connectivity index (χ3n) is 3.31. The number of thiophene rings is 1. The van der Waals surface area contributed by atoms with Crippen LogP contribution in [0.15, 0.2) is 30.3 Å². The molecule has 0 saturated carbocycles. The van der Waals surface area contributed by atoms with E-state index in [9.17, 15) is 9.59 Å².